The molecule has 0 saturated heterocycles. The summed E-state index contributed by atoms with van der Waals surface area (Å²) in [6.45, 7) is 8.86. The fourth-order valence-electron chi connectivity index (χ4n) is 2.38. The first-order valence-electron chi connectivity index (χ1n) is 6.27. The number of rotatable bonds is 5. The zero-order valence-electron chi connectivity index (χ0n) is 10.8. The van der Waals surface area contributed by atoms with Crippen molar-refractivity contribution in [2.45, 2.75) is 52.6 Å². The summed E-state index contributed by atoms with van der Waals surface area (Å²) < 4.78 is 5.52. The summed E-state index contributed by atoms with van der Waals surface area (Å²) in [7, 11) is 1.81. The first-order chi connectivity index (χ1) is 7.04. The van der Waals surface area contributed by atoms with Crippen LogP contribution in [0.5, 0.6) is 0 Å². The van der Waals surface area contributed by atoms with E-state index in [4.69, 9.17) is 4.74 Å². The molecule has 1 atom stereocenters. The summed E-state index contributed by atoms with van der Waals surface area (Å²) >= 11 is 0. The van der Waals surface area contributed by atoms with Gasteiger partial charge in [-0.25, -0.2) is 0 Å². The van der Waals surface area contributed by atoms with E-state index in [1.807, 2.05) is 7.11 Å². The Morgan fingerprint density at radius 2 is 1.87 bits per heavy atom. The van der Waals surface area contributed by atoms with Crippen molar-refractivity contribution in [2.24, 2.45) is 11.3 Å². The van der Waals surface area contributed by atoms with Crippen molar-refractivity contribution in [3.8, 4) is 0 Å². The third kappa shape index (κ3) is 4.52. The highest BCUT2D eigenvalue weighted by atomic mass is 16.5. The second kappa shape index (κ2) is 5.86. The Kier molecular flexibility index (Phi) is 5.07. The van der Waals surface area contributed by atoms with Crippen molar-refractivity contribution in [3.63, 3.8) is 0 Å². The fourth-order valence-corrected chi connectivity index (χ4v) is 2.38. The van der Waals surface area contributed by atoms with E-state index < -0.39 is 0 Å². The van der Waals surface area contributed by atoms with Gasteiger partial charge in [0.2, 0.25) is 0 Å². The molecule has 1 saturated carbocycles. The molecule has 0 spiro atoms. The summed E-state index contributed by atoms with van der Waals surface area (Å²) in [6, 6.07) is 0. The van der Waals surface area contributed by atoms with E-state index in [2.05, 4.69) is 26.1 Å². The Bertz CT molecular complexity index is 168. The first kappa shape index (κ1) is 13.0. The van der Waals surface area contributed by atoms with Crippen LogP contribution in [0.15, 0.2) is 0 Å². The lowest BCUT2D eigenvalue weighted by molar-refractivity contribution is 0.0170. The summed E-state index contributed by atoms with van der Waals surface area (Å²) in [5, 5.41) is 3.56. The molecular formula is C13H27NO. The molecule has 0 aromatic rings. The monoisotopic (exact) mass is 213 g/mol. The van der Waals surface area contributed by atoms with Gasteiger partial charge in [-0.05, 0) is 30.7 Å². The van der Waals surface area contributed by atoms with E-state index in [1.54, 1.807) is 0 Å². The van der Waals surface area contributed by atoms with Crippen LogP contribution in [0.4, 0.5) is 0 Å². The highest BCUT2D eigenvalue weighted by molar-refractivity contribution is 4.77. The van der Waals surface area contributed by atoms with Crippen molar-refractivity contribution < 1.29 is 4.74 Å². The van der Waals surface area contributed by atoms with E-state index >= 15 is 0 Å². The lowest BCUT2D eigenvalue weighted by Crippen LogP contribution is -2.39. The van der Waals surface area contributed by atoms with E-state index in [0.29, 0.717) is 6.10 Å². The molecule has 2 nitrogen and oxygen atoms in total. The largest absolute Gasteiger partial charge is 0.380 e. The number of hydrogen-bond acceptors (Lipinski definition) is 2. The topological polar surface area (TPSA) is 21.3 Å². The van der Waals surface area contributed by atoms with Crippen LogP contribution >= 0.6 is 0 Å². The van der Waals surface area contributed by atoms with Crippen LogP contribution in [0, 0.1) is 11.3 Å². The second-order valence-corrected chi connectivity index (χ2v) is 5.90. The highest BCUT2D eigenvalue weighted by Crippen LogP contribution is 2.24. The SMILES string of the molecule is COC(CNCC1CCCC1)C(C)(C)C. The zero-order valence-corrected chi connectivity index (χ0v) is 10.8. The van der Waals surface area contributed by atoms with Gasteiger partial charge >= 0.3 is 0 Å². The molecular weight excluding hydrogens is 186 g/mol. The smallest absolute Gasteiger partial charge is 0.0743 e. The second-order valence-electron chi connectivity index (χ2n) is 5.90. The van der Waals surface area contributed by atoms with E-state index in [-0.39, 0.29) is 5.41 Å². The van der Waals surface area contributed by atoms with Gasteiger partial charge in [0.05, 0.1) is 6.10 Å². The van der Waals surface area contributed by atoms with Crippen LogP contribution in [0.25, 0.3) is 0 Å². The number of nitrogens with one attached hydrogen (secondary N) is 1. The minimum absolute atomic E-state index is 0.234. The van der Waals surface area contributed by atoms with Gasteiger partial charge < -0.3 is 10.1 Å². The van der Waals surface area contributed by atoms with Crippen LogP contribution in [0.1, 0.15) is 46.5 Å². The maximum Gasteiger partial charge on any atom is 0.0743 e. The van der Waals surface area contributed by atoms with Gasteiger partial charge in [0, 0.05) is 13.7 Å². The van der Waals surface area contributed by atoms with Crippen LogP contribution in [-0.2, 0) is 4.74 Å². The summed E-state index contributed by atoms with van der Waals surface area (Å²) in [5.41, 5.74) is 0.234. The molecule has 1 N–H and O–H groups in total. The lowest BCUT2D eigenvalue weighted by atomic mass is 9.89. The van der Waals surface area contributed by atoms with Gasteiger partial charge in [-0.1, -0.05) is 33.6 Å². The molecule has 1 fully saturated rings. The zero-order chi connectivity index (χ0) is 11.3. The predicted octanol–water partition coefficient (Wildman–Crippen LogP) is 2.83. The molecule has 0 bridgehead atoms. The van der Waals surface area contributed by atoms with Gasteiger partial charge in [0.15, 0.2) is 0 Å². The maximum absolute atomic E-state index is 5.52. The molecule has 0 heterocycles. The molecule has 0 aromatic carbocycles. The molecule has 0 radical (unpaired) electrons. The van der Waals surface area contributed by atoms with Crippen LogP contribution in [0.3, 0.4) is 0 Å². The van der Waals surface area contributed by atoms with Crippen molar-refractivity contribution in [3.05, 3.63) is 0 Å². The number of ether oxygens (including phenoxy) is 1. The van der Waals surface area contributed by atoms with Crippen molar-refractivity contribution in [1.29, 1.82) is 0 Å². The van der Waals surface area contributed by atoms with Gasteiger partial charge in [-0.3, -0.25) is 0 Å². The first-order valence-corrected chi connectivity index (χ1v) is 6.27. The standard InChI is InChI=1S/C13H27NO/c1-13(2,3)12(15-4)10-14-9-11-7-5-6-8-11/h11-12,14H,5-10H2,1-4H3. The third-order valence-corrected chi connectivity index (χ3v) is 3.49. The average Bonchev–Trinajstić information content (AvgIpc) is 2.62. The van der Waals surface area contributed by atoms with Crippen molar-refractivity contribution >= 4 is 0 Å². The molecule has 90 valence electrons. The van der Waals surface area contributed by atoms with Crippen LogP contribution in [0.2, 0.25) is 0 Å². The molecule has 1 rings (SSSR count). The van der Waals surface area contributed by atoms with Gasteiger partial charge in [-0.15, -0.1) is 0 Å². The fraction of sp³-hybridized carbons (Fsp3) is 1.00. The average molecular weight is 213 g/mol. The van der Waals surface area contributed by atoms with Crippen LogP contribution in [-0.4, -0.2) is 26.3 Å². The number of methoxy groups -OCH3 is 1. The van der Waals surface area contributed by atoms with E-state index in [1.165, 1.54) is 32.2 Å². The van der Waals surface area contributed by atoms with Gasteiger partial charge in [0.25, 0.3) is 0 Å². The quantitative estimate of drug-likeness (QED) is 0.758. The van der Waals surface area contributed by atoms with E-state index in [0.717, 1.165) is 12.5 Å². The molecule has 2 heteroatoms. The summed E-state index contributed by atoms with van der Waals surface area (Å²) in [5.74, 6) is 0.919. The van der Waals surface area contributed by atoms with Gasteiger partial charge in [0.1, 0.15) is 0 Å². The Morgan fingerprint density at radius 3 is 2.33 bits per heavy atom. The highest BCUT2D eigenvalue weighted by Gasteiger charge is 2.24. The molecule has 0 aliphatic heterocycles. The molecule has 15 heavy (non-hydrogen) atoms. The molecule has 1 unspecified atom stereocenters. The Labute approximate surface area is 94.8 Å². The van der Waals surface area contributed by atoms with Crippen molar-refractivity contribution in [2.75, 3.05) is 20.2 Å². The van der Waals surface area contributed by atoms with E-state index in [9.17, 15) is 0 Å². The maximum atomic E-state index is 5.52. The molecule has 0 amide bonds. The lowest BCUT2D eigenvalue weighted by Gasteiger charge is -2.30. The Hall–Kier alpha value is -0.0800. The summed E-state index contributed by atoms with van der Waals surface area (Å²) in [4.78, 5) is 0. The molecule has 1 aliphatic rings. The Morgan fingerprint density at radius 1 is 1.27 bits per heavy atom. The summed E-state index contributed by atoms with van der Waals surface area (Å²) in [6.07, 6.45) is 6.01. The number of hydrogen-bond donors (Lipinski definition) is 1. The molecule has 0 aromatic heterocycles. The minimum Gasteiger partial charge on any atom is -0.380 e. The Balaban J connectivity index is 2.16. The predicted molar refractivity (Wildman–Crippen MR) is 65.1 cm³/mol. The molecule has 1 aliphatic carbocycles. The van der Waals surface area contributed by atoms with Gasteiger partial charge in [-0.2, -0.15) is 0 Å². The minimum atomic E-state index is 0.234. The third-order valence-electron chi connectivity index (χ3n) is 3.49. The van der Waals surface area contributed by atoms with Crippen molar-refractivity contribution in [1.82, 2.24) is 5.32 Å². The van der Waals surface area contributed by atoms with Crippen LogP contribution < -0.4 is 5.32 Å². The normalized spacial score (nSPS) is 20.8.